The van der Waals surface area contributed by atoms with E-state index >= 15 is 0 Å². The molecule has 0 atom stereocenters. The zero-order chi connectivity index (χ0) is 11.1. The predicted octanol–water partition coefficient (Wildman–Crippen LogP) is 3.57. The van der Waals surface area contributed by atoms with Crippen molar-refractivity contribution in [2.45, 2.75) is 6.92 Å². The van der Waals surface area contributed by atoms with Crippen LogP contribution in [0, 0.1) is 71.1 Å². The minimum absolute atomic E-state index is 1.47. The van der Waals surface area contributed by atoms with Gasteiger partial charge in [0.2, 0.25) is 0 Å². The van der Waals surface area contributed by atoms with E-state index in [9.17, 15) is 0 Å². The van der Waals surface area contributed by atoms with Gasteiger partial charge in [-0.3, -0.25) is 0 Å². The summed E-state index contributed by atoms with van der Waals surface area (Å²) in [5, 5.41) is 0. The average Bonchev–Trinajstić information content (AvgIpc) is 3.01. The molecule has 74 valence electrons. The van der Waals surface area contributed by atoms with E-state index in [1.165, 1.54) is 19.4 Å². The molecule has 10 radical (unpaired) electrons. The topological polar surface area (TPSA) is 0 Å². The van der Waals surface area contributed by atoms with Gasteiger partial charge >= 0.3 is 28.7 Å². The van der Waals surface area contributed by atoms with Crippen LogP contribution in [0.5, 0.6) is 0 Å². The monoisotopic (exact) mass is 242 g/mol. The Morgan fingerprint density at radius 1 is 0.571 bits per heavy atom. The molecular formula is C12H15ClTi. The second-order valence-corrected chi connectivity index (χ2v) is 1.92. The van der Waals surface area contributed by atoms with Crippen molar-refractivity contribution in [1.82, 2.24) is 0 Å². The SMILES string of the molecule is [CH2-]C.[CH]1[CH][CH][CH][CH]1.[CH]1[CH][CH][CH][CH]1.[Cl][Ti+]. The van der Waals surface area contributed by atoms with Gasteiger partial charge in [-0.2, -0.15) is 6.92 Å². The number of hydrogen-bond acceptors (Lipinski definition) is 0. The van der Waals surface area contributed by atoms with Gasteiger partial charge in [-0.1, -0.05) is 0 Å². The van der Waals surface area contributed by atoms with Crippen molar-refractivity contribution in [3.8, 4) is 0 Å². The fourth-order valence-electron chi connectivity index (χ4n) is 0.642. The van der Waals surface area contributed by atoms with Gasteiger partial charge in [0.25, 0.3) is 0 Å². The normalized spacial score (nSPS) is 17.9. The van der Waals surface area contributed by atoms with Gasteiger partial charge in [-0.15, -0.1) is 0 Å². The first-order valence-corrected chi connectivity index (χ1v) is 6.38. The molecule has 0 spiro atoms. The molecule has 14 heavy (non-hydrogen) atoms. The summed E-state index contributed by atoms with van der Waals surface area (Å²) in [5.74, 6) is 0. The summed E-state index contributed by atoms with van der Waals surface area (Å²) < 4.78 is 0. The molecule has 0 saturated heterocycles. The fourth-order valence-corrected chi connectivity index (χ4v) is 0.642. The molecule has 0 aliphatic heterocycles. The van der Waals surface area contributed by atoms with Gasteiger partial charge in [-0.05, 0) is 64.2 Å². The van der Waals surface area contributed by atoms with Crippen molar-refractivity contribution >= 4 is 9.30 Å². The van der Waals surface area contributed by atoms with Crippen molar-refractivity contribution in [3.63, 3.8) is 0 Å². The van der Waals surface area contributed by atoms with Crippen LogP contribution < -0.4 is 0 Å². The third kappa shape index (κ3) is 15.5. The molecular weight excluding hydrogens is 227 g/mol. The molecule has 0 heterocycles. The van der Waals surface area contributed by atoms with Crippen LogP contribution in [-0.4, -0.2) is 0 Å². The molecule has 0 bridgehead atoms. The first-order valence-electron chi connectivity index (χ1n) is 4.23. The second kappa shape index (κ2) is 19.6. The van der Waals surface area contributed by atoms with E-state index in [1.807, 2.05) is 64.2 Å². The van der Waals surface area contributed by atoms with Gasteiger partial charge in [0, 0.05) is 0 Å². The third-order valence-corrected chi connectivity index (χ3v) is 1.11. The van der Waals surface area contributed by atoms with Crippen LogP contribution in [0.25, 0.3) is 0 Å². The van der Waals surface area contributed by atoms with E-state index in [4.69, 9.17) is 0 Å². The predicted molar refractivity (Wildman–Crippen MR) is 59.9 cm³/mol. The molecule has 0 amide bonds. The molecule has 0 aromatic heterocycles. The van der Waals surface area contributed by atoms with E-state index in [2.05, 4.69) is 16.2 Å². The van der Waals surface area contributed by atoms with Crippen LogP contribution in [0.3, 0.4) is 0 Å². The Labute approximate surface area is 106 Å². The summed E-state index contributed by atoms with van der Waals surface area (Å²) >= 11 is 1.47. The third-order valence-electron chi connectivity index (χ3n) is 1.11. The van der Waals surface area contributed by atoms with Crippen molar-refractivity contribution in [1.29, 1.82) is 0 Å². The molecule has 2 aliphatic carbocycles. The summed E-state index contributed by atoms with van der Waals surface area (Å²) in [6, 6.07) is 0. The fraction of sp³-hybridized carbons (Fsp3) is 0.0833. The van der Waals surface area contributed by atoms with Gasteiger partial charge in [0.1, 0.15) is 0 Å². The van der Waals surface area contributed by atoms with Crippen LogP contribution >= 0.6 is 9.30 Å². The van der Waals surface area contributed by atoms with Crippen LogP contribution in [0.2, 0.25) is 0 Å². The van der Waals surface area contributed by atoms with E-state index in [1.54, 1.807) is 6.92 Å². The standard InChI is InChI=1S/2C5H5.C2H5.ClH.Ti/c2*1-2-4-5-3-1;1-2;;/h2*1-5H;1H2,2H3;1H;/q;;-1;;+2/p-1. The molecule has 0 nitrogen and oxygen atoms in total. The number of halogens is 1. The molecule has 0 unspecified atom stereocenters. The zero-order valence-corrected chi connectivity index (χ0v) is 10.7. The molecule has 2 saturated carbocycles. The van der Waals surface area contributed by atoms with Crippen molar-refractivity contribution in [2.24, 2.45) is 0 Å². The Bertz CT molecular complexity index is 43.5. The van der Waals surface area contributed by atoms with E-state index in [-0.39, 0.29) is 0 Å². The minimum atomic E-state index is 1.47. The summed E-state index contributed by atoms with van der Waals surface area (Å²) in [7, 11) is 4.64. The summed E-state index contributed by atoms with van der Waals surface area (Å²) in [6.07, 6.45) is 20.0. The molecule has 2 rings (SSSR count). The Morgan fingerprint density at radius 2 is 0.643 bits per heavy atom. The quantitative estimate of drug-likeness (QED) is 0.450. The second-order valence-electron chi connectivity index (χ2n) is 1.92. The van der Waals surface area contributed by atoms with Crippen LogP contribution in [0.1, 0.15) is 6.92 Å². The van der Waals surface area contributed by atoms with Gasteiger partial charge in [0.15, 0.2) is 0 Å². The maximum atomic E-state index is 4.64. The summed E-state index contributed by atoms with van der Waals surface area (Å²) in [5.41, 5.74) is 0. The van der Waals surface area contributed by atoms with Crippen molar-refractivity contribution in [3.05, 3.63) is 71.1 Å². The van der Waals surface area contributed by atoms with E-state index in [0.717, 1.165) is 0 Å². The Hall–Kier alpha value is 1.00. The molecule has 2 aliphatic rings. The van der Waals surface area contributed by atoms with Gasteiger partial charge < -0.3 is 6.92 Å². The van der Waals surface area contributed by atoms with E-state index in [0.29, 0.717) is 0 Å². The first kappa shape index (κ1) is 17.4. The Morgan fingerprint density at radius 3 is 0.714 bits per heavy atom. The maximum absolute atomic E-state index is 4.64. The van der Waals surface area contributed by atoms with Crippen LogP contribution in [-0.2, 0) is 19.4 Å². The molecule has 2 fully saturated rings. The van der Waals surface area contributed by atoms with E-state index < -0.39 is 0 Å². The van der Waals surface area contributed by atoms with Crippen molar-refractivity contribution < 1.29 is 19.4 Å². The molecule has 0 N–H and O–H groups in total. The zero-order valence-electron chi connectivity index (χ0n) is 8.36. The van der Waals surface area contributed by atoms with Crippen molar-refractivity contribution in [2.75, 3.05) is 0 Å². The van der Waals surface area contributed by atoms with Crippen LogP contribution in [0.4, 0.5) is 0 Å². The van der Waals surface area contributed by atoms with Gasteiger partial charge in [0.05, 0.1) is 0 Å². The summed E-state index contributed by atoms with van der Waals surface area (Å²) in [6.45, 7) is 5.00. The summed E-state index contributed by atoms with van der Waals surface area (Å²) in [4.78, 5) is 0. The van der Waals surface area contributed by atoms with Crippen LogP contribution in [0.15, 0.2) is 0 Å². The Balaban J connectivity index is 0. The van der Waals surface area contributed by atoms with Gasteiger partial charge in [-0.25, -0.2) is 0 Å². The Kier molecular flexibility index (Phi) is 24.3. The average molecular weight is 243 g/mol. The molecule has 0 aromatic rings. The first-order chi connectivity index (χ1) is 7.00. The number of rotatable bonds is 0. The molecule has 2 heteroatoms. The molecule has 0 aromatic carbocycles. The number of hydrogen-bond donors (Lipinski definition) is 0.